The molecule has 0 aromatic heterocycles. The lowest BCUT2D eigenvalue weighted by atomic mass is 10.0. The Kier molecular flexibility index (Phi) is 5.19. The van der Waals surface area contributed by atoms with Gasteiger partial charge in [-0.05, 0) is 23.6 Å². The zero-order chi connectivity index (χ0) is 13.5. The maximum atomic E-state index is 11.7. The Balaban J connectivity index is 2.49. The van der Waals surface area contributed by atoms with Crippen molar-refractivity contribution in [1.82, 2.24) is 0 Å². The van der Waals surface area contributed by atoms with E-state index in [1.54, 1.807) is 12.1 Å². The summed E-state index contributed by atoms with van der Waals surface area (Å²) in [4.78, 5) is 15.0. The first-order valence-electron chi connectivity index (χ1n) is 5.84. The fraction of sp³-hybridized carbons (Fsp3) is 0.429. The number of hydrogen-bond acceptors (Lipinski definition) is 3. The summed E-state index contributed by atoms with van der Waals surface area (Å²) in [6, 6.07) is 5.70. The molecule has 1 rings (SSSR count). The van der Waals surface area contributed by atoms with Gasteiger partial charge in [-0.1, -0.05) is 26.0 Å². The van der Waals surface area contributed by atoms with Crippen LogP contribution in [0.15, 0.2) is 24.3 Å². The SMILES string of the molecule is [C-]#[N+]C(CC(C)C)C(=O)OCc1ccc(O)cc1. The number of benzene rings is 1. The molecule has 18 heavy (non-hydrogen) atoms. The Morgan fingerprint density at radius 2 is 2.00 bits per heavy atom. The molecule has 0 aliphatic rings. The molecule has 96 valence electrons. The van der Waals surface area contributed by atoms with E-state index in [0.29, 0.717) is 6.42 Å². The maximum absolute atomic E-state index is 11.7. The van der Waals surface area contributed by atoms with E-state index in [-0.39, 0.29) is 18.3 Å². The molecule has 4 heteroatoms. The molecule has 1 unspecified atom stereocenters. The fourth-order valence-corrected chi connectivity index (χ4v) is 1.49. The van der Waals surface area contributed by atoms with Crippen LogP contribution in [0.25, 0.3) is 4.85 Å². The molecule has 0 aliphatic carbocycles. The highest BCUT2D eigenvalue weighted by molar-refractivity contribution is 5.77. The standard InChI is InChI=1S/C14H17NO3/c1-10(2)8-13(15-3)14(17)18-9-11-4-6-12(16)7-5-11/h4-7,10,13,16H,8-9H2,1-2H3. The van der Waals surface area contributed by atoms with Crippen LogP contribution in [-0.4, -0.2) is 17.1 Å². The number of phenols is 1. The number of aromatic hydroxyl groups is 1. The fourth-order valence-electron chi connectivity index (χ4n) is 1.49. The molecule has 1 atom stereocenters. The molecule has 1 aromatic carbocycles. The van der Waals surface area contributed by atoms with Crippen molar-refractivity contribution in [2.75, 3.05) is 0 Å². The highest BCUT2D eigenvalue weighted by atomic mass is 16.5. The minimum absolute atomic E-state index is 0.128. The van der Waals surface area contributed by atoms with Crippen molar-refractivity contribution in [3.8, 4) is 5.75 Å². The van der Waals surface area contributed by atoms with E-state index in [1.165, 1.54) is 12.1 Å². The summed E-state index contributed by atoms with van der Waals surface area (Å²) < 4.78 is 5.09. The summed E-state index contributed by atoms with van der Waals surface area (Å²) in [7, 11) is 0. The molecule has 0 amide bonds. The third kappa shape index (κ3) is 4.46. The van der Waals surface area contributed by atoms with Gasteiger partial charge in [0.05, 0.1) is 0 Å². The van der Waals surface area contributed by atoms with Gasteiger partial charge in [0.1, 0.15) is 12.4 Å². The van der Waals surface area contributed by atoms with Gasteiger partial charge in [0, 0.05) is 6.42 Å². The zero-order valence-corrected chi connectivity index (χ0v) is 10.6. The highest BCUT2D eigenvalue weighted by Crippen LogP contribution is 2.13. The Morgan fingerprint density at radius 1 is 1.39 bits per heavy atom. The highest BCUT2D eigenvalue weighted by Gasteiger charge is 2.26. The van der Waals surface area contributed by atoms with E-state index >= 15 is 0 Å². The van der Waals surface area contributed by atoms with Crippen LogP contribution in [-0.2, 0) is 16.1 Å². The number of rotatable bonds is 5. The van der Waals surface area contributed by atoms with Crippen molar-refractivity contribution < 1.29 is 14.6 Å². The quantitative estimate of drug-likeness (QED) is 0.643. The molecule has 0 saturated carbocycles. The summed E-state index contributed by atoms with van der Waals surface area (Å²) >= 11 is 0. The first kappa shape index (κ1) is 14.0. The lowest BCUT2D eigenvalue weighted by Gasteiger charge is -2.08. The lowest BCUT2D eigenvalue weighted by Crippen LogP contribution is -2.21. The minimum atomic E-state index is -0.720. The number of carbonyl (C=O) groups excluding carboxylic acids is 1. The molecular formula is C14H17NO3. The largest absolute Gasteiger partial charge is 0.508 e. The molecule has 4 nitrogen and oxygen atoms in total. The van der Waals surface area contributed by atoms with E-state index in [2.05, 4.69) is 4.85 Å². The monoisotopic (exact) mass is 247 g/mol. The van der Waals surface area contributed by atoms with E-state index < -0.39 is 12.0 Å². The number of carbonyl (C=O) groups is 1. The topological polar surface area (TPSA) is 50.9 Å². The zero-order valence-electron chi connectivity index (χ0n) is 10.6. The first-order valence-corrected chi connectivity index (χ1v) is 5.84. The summed E-state index contributed by atoms with van der Waals surface area (Å²) in [6.07, 6.45) is 0.512. The summed E-state index contributed by atoms with van der Waals surface area (Å²) in [6.45, 7) is 11.0. The van der Waals surface area contributed by atoms with Crippen molar-refractivity contribution in [1.29, 1.82) is 0 Å². The van der Waals surface area contributed by atoms with Gasteiger partial charge in [-0.15, -0.1) is 0 Å². The molecule has 0 spiro atoms. The van der Waals surface area contributed by atoms with Crippen LogP contribution in [0.4, 0.5) is 0 Å². The van der Waals surface area contributed by atoms with Gasteiger partial charge >= 0.3 is 12.0 Å². The van der Waals surface area contributed by atoms with Crippen LogP contribution >= 0.6 is 0 Å². The van der Waals surface area contributed by atoms with Gasteiger partial charge in [-0.3, -0.25) is 0 Å². The van der Waals surface area contributed by atoms with Crippen LogP contribution in [0, 0.1) is 12.5 Å². The second kappa shape index (κ2) is 6.65. The van der Waals surface area contributed by atoms with Crippen LogP contribution in [0.5, 0.6) is 5.75 Å². The summed E-state index contributed by atoms with van der Waals surface area (Å²) in [5.74, 6) is -0.0268. The normalized spacial score (nSPS) is 11.9. The number of ether oxygens (including phenoxy) is 1. The van der Waals surface area contributed by atoms with Crippen molar-refractivity contribution >= 4 is 5.97 Å². The molecule has 0 bridgehead atoms. The van der Waals surface area contributed by atoms with Crippen molar-refractivity contribution in [3.63, 3.8) is 0 Å². The molecule has 1 N–H and O–H groups in total. The molecule has 1 aromatic rings. The maximum Gasteiger partial charge on any atom is 0.390 e. The first-order chi connectivity index (χ1) is 8.52. The number of hydrogen-bond donors (Lipinski definition) is 1. The van der Waals surface area contributed by atoms with E-state index in [1.807, 2.05) is 13.8 Å². The Hall–Kier alpha value is -2.02. The lowest BCUT2D eigenvalue weighted by molar-refractivity contribution is -0.145. The Labute approximate surface area is 107 Å². The van der Waals surface area contributed by atoms with Gasteiger partial charge in [0.15, 0.2) is 0 Å². The second-order valence-corrected chi connectivity index (χ2v) is 4.55. The average Bonchev–Trinajstić information content (AvgIpc) is 2.34. The molecule has 0 radical (unpaired) electrons. The number of nitrogens with zero attached hydrogens (tertiary/aromatic N) is 1. The third-order valence-electron chi connectivity index (χ3n) is 2.44. The Bertz CT molecular complexity index is 431. The van der Waals surface area contributed by atoms with Crippen LogP contribution in [0.3, 0.4) is 0 Å². The van der Waals surface area contributed by atoms with Crippen molar-refractivity contribution in [2.24, 2.45) is 5.92 Å². The average molecular weight is 247 g/mol. The van der Waals surface area contributed by atoms with Crippen molar-refractivity contribution in [2.45, 2.75) is 32.9 Å². The predicted octanol–water partition coefficient (Wildman–Crippen LogP) is 2.77. The van der Waals surface area contributed by atoms with Crippen LogP contribution in [0.2, 0.25) is 0 Å². The smallest absolute Gasteiger partial charge is 0.390 e. The van der Waals surface area contributed by atoms with Crippen molar-refractivity contribution in [3.05, 3.63) is 41.2 Å². The van der Waals surface area contributed by atoms with Gasteiger partial charge in [-0.25, -0.2) is 11.4 Å². The van der Waals surface area contributed by atoms with Gasteiger partial charge < -0.3 is 14.7 Å². The number of phenolic OH excluding ortho intramolecular Hbond substituents is 1. The summed E-state index contributed by atoms with van der Waals surface area (Å²) in [5.41, 5.74) is 0.787. The predicted molar refractivity (Wildman–Crippen MR) is 67.7 cm³/mol. The number of esters is 1. The second-order valence-electron chi connectivity index (χ2n) is 4.55. The third-order valence-corrected chi connectivity index (χ3v) is 2.44. The van der Waals surface area contributed by atoms with Crippen LogP contribution in [0.1, 0.15) is 25.8 Å². The van der Waals surface area contributed by atoms with Crippen LogP contribution < -0.4 is 0 Å². The van der Waals surface area contributed by atoms with Gasteiger partial charge in [0.25, 0.3) is 0 Å². The Morgan fingerprint density at radius 3 is 2.50 bits per heavy atom. The molecule has 0 fully saturated rings. The molecule has 0 aliphatic heterocycles. The molecular weight excluding hydrogens is 230 g/mol. The minimum Gasteiger partial charge on any atom is -0.508 e. The summed E-state index contributed by atoms with van der Waals surface area (Å²) in [5, 5.41) is 9.11. The van der Waals surface area contributed by atoms with Gasteiger partial charge in [0.2, 0.25) is 0 Å². The van der Waals surface area contributed by atoms with E-state index in [4.69, 9.17) is 16.4 Å². The van der Waals surface area contributed by atoms with E-state index in [9.17, 15) is 4.79 Å². The van der Waals surface area contributed by atoms with E-state index in [0.717, 1.165) is 5.56 Å². The van der Waals surface area contributed by atoms with Gasteiger partial charge in [-0.2, -0.15) is 0 Å². The molecule has 0 heterocycles. The molecule has 0 saturated heterocycles.